The maximum absolute atomic E-state index is 12.7. The fourth-order valence-electron chi connectivity index (χ4n) is 4.04. The van der Waals surface area contributed by atoms with Crippen molar-refractivity contribution in [2.75, 3.05) is 11.4 Å². The summed E-state index contributed by atoms with van der Waals surface area (Å²) in [6, 6.07) is 20.0. The first-order valence-corrected chi connectivity index (χ1v) is 11.7. The van der Waals surface area contributed by atoms with Gasteiger partial charge in [0.1, 0.15) is 6.54 Å². The average molecular weight is 510 g/mol. The summed E-state index contributed by atoms with van der Waals surface area (Å²) in [5.74, 6) is -1.75. The van der Waals surface area contributed by atoms with Gasteiger partial charge in [0.05, 0.1) is 0 Å². The maximum atomic E-state index is 12.7. The number of hydrogen-bond donors (Lipinski definition) is 3. The third-order valence-corrected chi connectivity index (χ3v) is 5.99. The number of amides is 2. The molecule has 8 heteroatoms. The lowest BCUT2D eigenvalue weighted by molar-refractivity contribution is -0.135. The van der Waals surface area contributed by atoms with Crippen molar-refractivity contribution in [3.63, 3.8) is 0 Å². The molecule has 7 nitrogen and oxygen atoms in total. The summed E-state index contributed by atoms with van der Waals surface area (Å²) < 4.78 is 0. The molecule has 0 spiro atoms. The minimum Gasteiger partial charge on any atom is -0.480 e. The molecule has 0 aliphatic heterocycles. The van der Waals surface area contributed by atoms with Crippen LogP contribution >= 0.6 is 12.4 Å². The second-order valence-electron chi connectivity index (χ2n) is 8.41. The zero-order valence-corrected chi connectivity index (χ0v) is 21.1. The van der Waals surface area contributed by atoms with Crippen molar-refractivity contribution in [3.05, 3.63) is 100 Å². The standard InChI is InChI=1S/C18H20N2O3.C10H11NO.ClH/c1-2-13-6-8-16(9-7-13)20(12-17(21)22)18(23)15-5-3-4-14(10-15)11-19;11-10(12)9-5-4-7-2-1-3-8(7)6-9;/h3-10H,2,11-12,19H2,1H3,(H,21,22);4-6H,1-3H2,(H2,11,12);1H. The maximum Gasteiger partial charge on any atom is 0.323 e. The van der Waals surface area contributed by atoms with Crippen LogP contribution < -0.4 is 16.4 Å². The van der Waals surface area contributed by atoms with E-state index in [2.05, 4.69) is 0 Å². The molecule has 0 fully saturated rings. The highest BCUT2D eigenvalue weighted by Gasteiger charge is 2.20. The Labute approximate surface area is 217 Å². The highest BCUT2D eigenvalue weighted by molar-refractivity contribution is 6.08. The number of nitrogens with zero attached hydrogens (tertiary/aromatic N) is 1. The van der Waals surface area contributed by atoms with Crippen LogP contribution in [0.25, 0.3) is 0 Å². The molecule has 0 saturated heterocycles. The van der Waals surface area contributed by atoms with Gasteiger partial charge < -0.3 is 16.6 Å². The van der Waals surface area contributed by atoms with Gasteiger partial charge in [-0.3, -0.25) is 19.3 Å². The van der Waals surface area contributed by atoms with Crippen molar-refractivity contribution < 1.29 is 19.5 Å². The summed E-state index contributed by atoms with van der Waals surface area (Å²) in [6.45, 7) is 1.97. The first kappa shape index (κ1) is 28.6. The number of carboxylic acid groups (broad SMARTS) is 1. The monoisotopic (exact) mass is 509 g/mol. The molecular formula is C28H32ClN3O4. The van der Waals surface area contributed by atoms with Gasteiger partial charge >= 0.3 is 5.97 Å². The minimum absolute atomic E-state index is 0. The van der Waals surface area contributed by atoms with Crippen LogP contribution in [0.5, 0.6) is 0 Å². The molecule has 0 heterocycles. The molecule has 0 unspecified atom stereocenters. The van der Waals surface area contributed by atoms with Crippen LogP contribution in [0.2, 0.25) is 0 Å². The molecule has 0 bridgehead atoms. The Bertz CT molecular complexity index is 1210. The second kappa shape index (κ2) is 13.4. The molecule has 190 valence electrons. The quantitative estimate of drug-likeness (QED) is 0.441. The lowest BCUT2D eigenvalue weighted by atomic mass is 10.1. The number of rotatable bonds is 7. The molecule has 4 rings (SSSR count). The van der Waals surface area contributed by atoms with Gasteiger partial charge in [-0.05, 0) is 84.3 Å². The summed E-state index contributed by atoms with van der Waals surface area (Å²) in [5.41, 5.74) is 17.0. The number of halogens is 1. The van der Waals surface area contributed by atoms with Crippen molar-refractivity contribution >= 4 is 35.9 Å². The van der Waals surface area contributed by atoms with E-state index in [1.807, 2.05) is 43.3 Å². The number of fused-ring (bicyclic) bond motifs is 1. The zero-order chi connectivity index (χ0) is 25.4. The fourth-order valence-corrected chi connectivity index (χ4v) is 4.04. The van der Waals surface area contributed by atoms with E-state index in [9.17, 15) is 14.4 Å². The Morgan fingerprint density at radius 1 is 0.889 bits per heavy atom. The number of aryl methyl sites for hydroxylation is 3. The van der Waals surface area contributed by atoms with Gasteiger partial charge in [0.2, 0.25) is 5.91 Å². The van der Waals surface area contributed by atoms with Crippen LogP contribution in [0.4, 0.5) is 5.69 Å². The van der Waals surface area contributed by atoms with Crippen LogP contribution in [-0.2, 0) is 30.6 Å². The molecule has 1 aliphatic carbocycles. The van der Waals surface area contributed by atoms with Crippen LogP contribution in [0.15, 0.2) is 66.7 Å². The lowest BCUT2D eigenvalue weighted by Gasteiger charge is -2.21. The molecule has 0 atom stereocenters. The molecule has 0 saturated carbocycles. The first-order valence-electron chi connectivity index (χ1n) is 11.7. The Morgan fingerprint density at radius 3 is 2.19 bits per heavy atom. The number of benzene rings is 3. The van der Waals surface area contributed by atoms with Crippen LogP contribution in [0.3, 0.4) is 0 Å². The normalized spacial score (nSPS) is 11.4. The largest absolute Gasteiger partial charge is 0.480 e. The van der Waals surface area contributed by atoms with Gasteiger partial charge in [-0.15, -0.1) is 12.4 Å². The van der Waals surface area contributed by atoms with Gasteiger partial charge in [-0.2, -0.15) is 0 Å². The molecular weight excluding hydrogens is 478 g/mol. The average Bonchev–Trinajstić information content (AvgIpc) is 3.35. The summed E-state index contributed by atoms with van der Waals surface area (Å²) in [6.07, 6.45) is 4.33. The predicted octanol–water partition coefficient (Wildman–Crippen LogP) is 4.14. The van der Waals surface area contributed by atoms with E-state index in [4.69, 9.17) is 16.6 Å². The Morgan fingerprint density at radius 2 is 1.58 bits per heavy atom. The minimum atomic E-state index is -1.06. The fraction of sp³-hybridized carbons (Fsp3) is 0.250. The van der Waals surface area contributed by atoms with Gasteiger partial charge in [0, 0.05) is 23.4 Å². The van der Waals surface area contributed by atoms with E-state index in [1.165, 1.54) is 22.4 Å². The third kappa shape index (κ3) is 7.41. The summed E-state index contributed by atoms with van der Waals surface area (Å²) in [4.78, 5) is 36.0. The van der Waals surface area contributed by atoms with Crippen molar-refractivity contribution in [2.45, 2.75) is 39.2 Å². The Balaban J connectivity index is 0.000000294. The lowest BCUT2D eigenvalue weighted by Crippen LogP contribution is -2.35. The number of carbonyl (C=O) groups excluding carboxylic acids is 2. The van der Waals surface area contributed by atoms with Gasteiger partial charge in [-0.1, -0.05) is 37.3 Å². The molecule has 1 aliphatic rings. The van der Waals surface area contributed by atoms with E-state index in [0.29, 0.717) is 23.4 Å². The molecule has 2 amide bonds. The first-order chi connectivity index (χ1) is 16.8. The molecule has 36 heavy (non-hydrogen) atoms. The SMILES string of the molecule is CCc1ccc(N(CC(=O)O)C(=O)c2cccc(CN)c2)cc1.Cl.NC(=O)c1ccc2c(c1)CCC2. The van der Waals surface area contributed by atoms with E-state index < -0.39 is 12.5 Å². The van der Waals surface area contributed by atoms with E-state index in [-0.39, 0.29) is 24.2 Å². The number of primary amides is 1. The molecule has 0 radical (unpaired) electrons. The smallest absolute Gasteiger partial charge is 0.323 e. The molecule has 3 aromatic rings. The predicted molar refractivity (Wildman–Crippen MR) is 144 cm³/mol. The number of hydrogen-bond acceptors (Lipinski definition) is 4. The van der Waals surface area contributed by atoms with Crippen LogP contribution in [0.1, 0.15) is 56.3 Å². The summed E-state index contributed by atoms with van der Waals surface area (Å²) in [7, 11) is 0. The molecule has 3 aromatic carbocycles. The van der Waals surface area contributed by atoms with Crippen molar-refractivity contribution in [3.8, 4) is 0 Å². The van der Waals surface area contributed by atoms with Crippen molar-refractivity contribution in [2.24, 2.45) is 11.5 Å². The number of carbonyl (C=O) groups is 3. The Kier molecular flexibility index (Phi) is 10.6. The summed E-state index contributed by atoms with van der Waals surface area (Å²) >= 11 is 0. The summed E-state index contributed by atoms with van der Waals surface area (Å²) in [5, 5.41) is 9.13. The van der Waals surface area contributed by atoms with Crippen LogP contribution in [0, 0.1) is 0 Å². The highest BCUT2D eigenvalue weighted by atomic mass is 35.5. The van der Waals surface area contributed by atoms with Gasteiger partial charge in [-0.25, -0.2) is 0 Å². The van der Waals surface area contributed by atoms with Crippen molar-refractivity contribution in [1.82, 2.24) is 0 Å². The van der Waals surface area contributed by atoms with Crippen LogP contribution in [-0.4, -0.2) is 29.4 Å². The third-order valence-electron chi connectivity index (χ3n) is 5.99. The highest BCUT2D eigenvalue weighted by Crippen LogP contribution is 2.22. The zero-order valence-electron chi connectivity index (χ0n) is 20.3. The number of nitrogens with two attached hydrogens (primary N) is 2. The number of aliphatic carboxylic acids is 1. The Hall–Kier alpha value is -3.68. The molecule has 0 aromatic heterocycles. The van der Waals surface area contributed by atoms with Crippen molar-refractivity contribution in [1.29, 1.82) is 0 Å². The number of anilines is 1. The number of carboxylic acids is 1. The molecule has 5 N–H and O–H groups in total. The van der Waals surface area contributed by atoms with Gasteiger partial charge in [0.25, 0.3) is 5.91 Å². The van der Waals surface area contributed by atoms with Gasteiger partial charge in [0.15, 0.2) is 0 Å². The van der Waals surface area contributed by atoms with E-state index in [1.54, 1.807) is 30.3 Å². The van der Waals surface area contributed by atoms with E-state index in [0.717, 1.165) is 30.4 Å². The topological polar surface area (TPSA) is 127 Å². The van der Waals surface area contributed by atoms with E-state index >= 15 is 0 Å². The second-order valence-corrected chi connectivity index (χ2v) is 8.41.